The number of rotatable bonds is 2. The van der Waals surface area contributed by atoms with E-state index >= 15 is 0 Å². The van der Waals surface area contributed by atoms with Crippen LogP contribution in [0.3, 0.4) is 0 Å². The Bertz CT molecular complexity index is 388. The van der Waals surface area contributed by atoms with Crippen LogP contribution < -0.4 is 0 Å². The minimum absolute atomic E-state index is 0.0849. The highest BCUT2D eigenvalue weighted by atomic mass is 32.2. The van der Waals surface area contributed by atoms with Gasteiger partial charge in [-0.1, -0.05) is 18.2 Å². The fourth-order valence-corrected chi connectivity index (χ4v) is 4.13. The standard InChI is InChI=1S/C14H18OS/c15-14-9-16-8-13(14)7-10-4-5-11-2-1-3-12(11)6-10/h4-6,13-15H,1-3,7-9H2. The molecule has 2 heteroatoms. The average molecular weight is 234 g/mol. The number of aryl methyl sites for hydroxylation is 2. The third kappa shape index (κ3) is 2.01. The van der Waals surface area contributed by atoms with Gasteiger partial charge in [0.05, 0.1) is 6.10 Å². The van der Waals surface area contributed by atoms with Gasteiger partial charge in [0, 0.05) is 5.75 Å². The molecular weight excluding hydrogens is 216 g/mol. The summed E-state index contributed by atoms with van der Waals surface area (Å²) >= 11 is 1.88. The van der Waals surface area contributed by atoms with Crippen LogP contribution in [0.4, 0.5) is 0 Å². The summed E-state index contributed by atoms with van der Waals surface area (Å²) in [6.45, 7) is 0. The highest BCUT2D eigenvalue weighted by Gasteiger charge is 2.26. The number of hydrogen-bond acceptors (Lipinski definition) is 2. The fraction of sp³-hybridized carbons (Fsp3) is 0.571. The zero-order chi connectivity index (χ0) is 11.0. The van der Waals surface area contributed by atoms with Gasteiger partial charge in [-0.05, 0) is 54.0 Å². The summed E-state index contributed by atoms with van der Waals surface area (Å²) in [5, 5.41) is 9.82. The number of fused-ring (bicyclic) bond motifs is 1. The lowest BCUT2D eigenvalue weighted by molar-refractivity contribution is 0.150. The molecule has 0 amide bonds. The second-order valence-electron chi connectivity index (χ2n) is 5.03. The minimum Gasteiger partial charge on any atom is -0.392 e. The first-order valence-corrected chi connectivity index (χ1v) is 7.35. The van der Waals surface area contributed by atoms with Crippen molar-refractivity contribution < 1.29 is 5.11 Å². The molecule has 16 heavy (non-hydrogen) atoms. The number of hydrogen-bond donors (Lipinski definition) is 1. The van der Waals surface area contributed by atoms with Gasteiger partial charge in [0.1, 0.15) is 0 Å². The van der Waals surface area contributed by atoms with Crippen LogP contribution in [0.15, 0.2) is 18.2 Å². The zero-order valence-electron chi connectivity index (χ0n) is 9.48. The van der Waals surface area contributed by atoms with Gasteiger partial charge in [0.25, 0.3) is 0 Å². The van der Waals surface area contributed by atoms with Gasteiger partial charge < -0.3 is 5.11 Å². The third-order valence-corrected chi connectivity index (χ3v) is 5.07. The van der Waals surface area contributed by atoms with E-state index in [0.29, 0.717) is 5.92 Å². The largest absolute Gasteiger partial charge is 0.392 e. The number of thioether (sulfide) groups is 1. The second kappa shape index (κ2) is 4.42. The molecule has 2 atom stereocenters. The quantitative estimate of drug-likeness (QED) is 0.848. The molecule has 1 aliphatic carbocycles. The van der Waals surface area contributed by atoms with Crippen molar-refractivity contribution in [3.8, 4) is 0 Å². The van der Waals surface area contributed by atoms with E-state index < -0.39 is 0 Å². The van der Waals surface area contributed by atoms with Crippen LogP contribution in [-0.2, 0) is 19.3 Å². The predicted molar refractivity (Wildman–Crippen MR) is 69.0 cm³/mol. The van der Waals surface area contributed by atoms with Crippen LogP contribution in [0.2, 0.25) is 0 Å². The molecule has 86 valence electrons. The van der Waals surface area contributed by atoms with E-state index in [1.54, 1.807) is 11.1 Å². The van der Waals surface area contributed by atoms with E-state index in [9.17, 15) is 5.11 Å². The van der Waals surface area contributed by atoms with E-state index in [1.165, 1.54) is 24.8 Å². The van der Waals surface area contributed by atoms with Crippen molar-refractivity contribution in [3.63, 3.8) is 0 Å². The molecule has 1 nitrogen and oxygen atoms in total. The van der Waals surface area contributed by atoms with Gasteiger partial charge in [0.15, 0.2) is 0 Å². The number of benzene rings is 1. The molecule has 1 aromatic rings. The SMILES string of the molecule is OC1CSCC1Cc1ccc2c(c1)CCC2. The lowest BCUT2D eigenvalue weighted by atomic mass is 9.95. The molecule has 0 spiro atoms. The van der Waals surface area contributed by atoms with Gasteiger partial charge in [-0.15, -0.1) is 0 Å². The van der Waals surface area contributed by atoms with Crippen LogP contribution >= 0.6 is 11.8 Å². The van der Waals surface area contributed by atoms with Crippen molar-refractivity contribution in [2.24, 2.45) is 5.92 Å². The maximum Gasteiger partial charge on any atom is 0.0669 e. The normalized spacial score (nSPS) is 28.3. The van der Waals surface area contributed by atoms with Crippen molar-refractivity contribution in [1.82, 2.24) is 0 Å². The second-order valence-corrected chi connectivity index (χ2v) is 6.10. The molecule has 1 N–H and O–H groups in total. The Morgan fingerprint density at radius 2 is 2.06 bits per heavy atom. The first-order valence-electron chi connectivity index (χ1n) is 6.19. The molecule has 1 heterocycles. The average Bonchev–Trinajstić information content (AvgIpc) is 2.88. The molecule has 0 radical (unpaired) electrons. The Kier molecular flexibility index (Phi) is 2.95. The zero-order valence-corrected chi connectivity index (χ0v) is 10.3. The summed E-state index contributed by atoms with van der Waals surface area (Å²) < 4.78 is 0. The van der Waals surface area contributed by atoms with Gasteiger partial charge in [-0.2, -0.15) is 11.8 Å². The molecule has 1 aliphatic heterocycles. The van der Waals surface area contributed by atoms with Crippen LogP contribution in [0, 0.1) is 5.92 Å². The molecule has 1 fully saturated rings. The first kappa shape index (κ1) is 10.7. The highest BCUT2D eigenvalue weighted by Crippen LogP contribution is 2.29. The maximum atomic E-state index is 9.82. The van der Waals surface area contributed by atoms with Gasteiger partial charge in [-0.3, -0.25) is 0 Å². The van der Waals surface area contributed by atoms with Crippen molar-refractivity contribution in [3.05, 3.63) is 34.9 Å². The Labute approximate surface area is 101 Å². The van der Waals surface area contributed by atoms with E-state index in [0.717, 1.165) is 17.9 Å². The Balaban J connectivity index is 1.75. The highest BCUT2D eigenvalue weighted by molar-refractivity contribution is 7.99. The molecule has 2 unspecified atom stereocenters. The van der Waals surface area contributed by atoms with Gasteiger partial charge in [-0.25, -0.2) is 0 Å². The molecule has 1 aromatic carbocycles. The summed E-state index contributed by atoms with van der Waals surface area (Å²) in [6, 6.07) is 6.93. The topological polar surface area (TPSA) is 20.2 Å². The molecule has 0 bridgehead atoms. The molecular formula is C14H18OS. The van der Waals surface area contributed by atoms with Crippen LogP contribution in [0.5, 0.6) is 0 Å². The number of aliphatic hydroxyl groups is 1. The number of aliphatic hydroxyl groups excluding tert-OH is 1. The Morgan fingerprint density at radius 1 is 1.19 bits per heavy atom. The lowest BCUT2D eigenvalue weighted by Gasteiger charge is -2.14. The monoisotopic (exact) mass is 234 g/mol. The summed E-state index contributed by atoms with van der Waals surface area (Å²) in [7, 11) is 0. The molecule has 0 saturated carbocycles. The van der Waals surface area contributed by atoms with Crippen molar-refractivity contribution in [2.75, 3.05) is 11.5 Å². The molecule has 3 rings (SSSR count). The molecule has 0 aromatic heterocycles. The van der Waals surface area contributed by atoms with Crippen LogP contribution in [0.25, 0.3) is 0 Å². The summed E-state index contributed by atoms with van der Waals surface area (Å²) in [5.74, 6) is 2.53. The van der Waals surface area contributed by atoms with Gasteiger partial charge >= 0.3 is 0 Å². The van der Waals surface area contributed by atoms with E-state index in [1.807, 2.05) is 11.8 Å². The first-order chi connectivity index (χ1) is 7.83. The fourth-order valence-electron chi connectivity index (χ4n) is 2.84. The van der Waals surface area contributed by atoms with Crippen LogP contribution in [0.1, 0.15) is 23.1 Å². The summed E-state index contributed by atoms with van der Waals surface area (Å²) in [5.41, 5.74) is 4.52. The Morgan fingerprint density at radius 3 is 2.88 bits per heavy atom. The van der Waals surface area contributed by atoms with Gasteiger partial charge in [0.2, 0.25) is 0 Å². The third-order valence-electron chi connectivity index (χ3n) is 3.83. The minimum atomic E-state index is -0.0849. The Hall–Kier alpha value is -0.470. The maximum absolute atomic E-state index is 9.82. The van der Waals surface area contributed by atoms with Crippen molar-refractivity contribution in [2.45, 2.75) is 31.8 Å². The van der Waals surface area contributed by atoms with E-state index in [4.69, 9.17) is 0 Å². The summed E-state index contributed by atoms with van der Waals surface area (Å²) in [6.07, 6.45) is 4.81. The predicted octanol–water partition coefficient (Wildman–Crippen LogP) is 2.44. The molecule has 2 aliphatic rings. The lowest BCUT2D eigenvalue weighted by Crippen LogP contribution is -2.19. The van der Waals surface area contributed by atoms with E-state index in [2.05, 4.69) is 18.2 Å². The van der Waals surface area contributed by atoms with Crippen LogP contribution in [-0.4, -0.2) is 22.7 Å². The van der Waals surface area contributed by atoms with E-state index in [-0.39, 0.29) is 6.10 Å². The smallest absolute Gasteiger partial charge is 0.0669 e. The summed E-state index contributed by atoms with van der Waals surface area (Å²) in [4.78, 5) is 0. The molecule has 1 saturated heterocycles. The van der Waals surface area contributed by atoms with Crippen molar-refractivity contribution >= 4 is 11.8 Å². The van der Waals surface area contributed by atoms with Crippen molar-refractivity contribution in [1.29, 1.82) is 0 Å².